The highest BCUT2D eigenvalue weighted by Gasteiger charge is 2.37. The molecule has 1 saturated heterocycles. The first kappa shape index (κ1) is 15.0. The maximum Gasteiger partial charge on any atom is 0.309 e. The Balaban J connectivity index is 2.43. The Labute approximate surface area is 109 Å². The fourth-order valence-electron chi connectivity index (χ4n) is 2.28. The number of hydrogen-bond donors (Lipinski definition) is 2. The Kier molecular flexibility index (Phi) is 5.14. The number of nitrogens with zero attached hydrogens (tertiary/aromatic N) is 1. The quantitative estimate of drug-likeness (QED) is 0.772. The molecule has 0 aromatic carbocycles. The van der Waals surface area contributed by atoms with E-state index < -0.39 is 11.4 Å². The van der Waals surface area contributed by atoms with Crippen molar-refractivity contribution in [2.45, 2.75) is 46.1 Å². The molecule has 0 radical (unpaired) electrons. The van der Waals surface area contributed by atoms with Gasteiger partial charge in [0.25, 0.3) is 0 Å². The molecule has 18 heavy (non-hydrogen) atoms. The summed E-state index contributed by atoms with van der Waals surface area (Å²) in [5, 5.41) is 12.3. The van der Waals surface area contributed by atoms with E-state index in [9.17, 15) is 9.59 Å². The summed E-state index contributed by atoms with van der Waals surface area (Å²) in [5.41, 5.74) is -0.663. The van der Waals surface area contributed by atoms with Gasteiger partial charge in [-0.2, -0.15) is 0 Å². The zero-order chi connectivity index (χ0) is 13.8. The number of amides is 1. The molecule has 5 heteroatoms. The Morgan fingerprint density at radius 3 is 2.39 bits per heavy atom. The molecule has 104 valence electrons. The zero-order valence-corrected chi connectivity index (χ0v) is 11.5. The molecular weight excluding hydrogens is 232 g/mol. The predicted molar refractivity (Wildman–Crippen MR) is 69.3 cm³/mol. The molecule has 1 aliphatic heterocycles. The summed E-state index contributed by atoms with van der Waals surface area (Å²) in [6.45, 7) is 7.73. The van der Waals surface area contributed by atoms with E-state index in [1.165, 1.54) is 0 Å². The van der Waals surface area contributed by atoms with Crippen molar-refractivity contribution in [2.24, 2.45) is 5.41 Å². The van der Waals surface area contributed by atoms with Crippen LogP contribution in [0.25, 0.3) is 0 Å². The fourth-order valence-corrected chi connectivity index (χ4v) is 2.28. The van der Waals surface area contributed by atoms with E-state index in [1.807, 2.05) is 13.8 Å². The average molecular weight is 256 g/mol. The summed E-state index contributed by atoms with van der Waals surface area (Å²) in [5.74, 6) is -0.633. The molecule has 1 fully saturated rings. The van der Waals surface area contributed by atoms with Gasteiger partial charge in [-0.3, -0.25) is 9.59 Å². The average Bonchev–Trinajstić information content (AvgIpc) is 2.29. The normalized spacial score (nSPS) is 20.5. The van der Waals surface area contributed by atoms with E-state index in [1.54, 1.807) is 11.8 Å². The third-order valence-corrected chi connectivity index (χ3v) is 3.77. The highest BCUT2D eigenvalue weighted by Crippen LogP contribution is 2.31. The van der Waals surface area contributed by atoms with Gasteiger partial charge in [-0.25, -0.2) is 0 Å². The first-order valence-electron chi connectivity index (χ1n) is 6.63. The van der Waals surface area contributed by atoms with Crippen molar-refractivity contribution in [1.29, 1.82) is 0 Å². The van der Waals surface area contributed by atoms with Gasteiger partial charge in [0, 0.05) is 25.6 Å². The van der Waals surface area contributed by atoms with Crippen molar-refractivity contribution in [3.63, 3.8) is 0 Å². The van der Waals surface area contributed by atoms with E-state index in [0.29, 0.717) is 32.4 Å². The van der Waals surface area contributed by atoms with Crippen molar-refractivity contribution < 1.29 is 14.7 Å². The monoisotopic (exact) mass is 256 g/mol. The van der Waals surface area contributed by atoms with Crippen molar-refractivity contribution in [3.8, 4) is 0 Å². The van der Waals surface area contributed by atoms with Gasteiger partial charge in [0.1, 0.15) is 0 Å². The van der Waals surface area contributed by atoms with Gasteiger partial charge in [0.2, 0.25) is 5.91 Å². The van der Waals surface area contributed by atoms with Crippen LogP contribution < -0.4 is 5.32 Å². The third-order valence-electron chi connectivity index (χ3n) is 3.77. The maximum atomic E-state index is 12.0. The van der Waals surface area contributed by atoms with Crippen LogP contribution in [0.1, 0.15) is 40.0 Å². The molecular formula is C13H24N2O3. The van der Waals surface area contributed by atoms with Gasteiger partial charge in [-0.05, 0) is 33.2 Å². The molecule has 0 aromatic heterocycles. The minimum Gasteiger partial charge on any atom is -0.481 e. The van der Waals surface area contributed by atoms with Crippen LogP contribution in [0.2, 0.25) is 0 Å². The maximum absolute atomic E-state index is 12.0. The number of carboxylic acid groups (broad SMARTS) is 1. The standard InChI is InChI=1S/C13H24N2O3/c1-4-14-10(2)9-11(16)15-7-5-13(3,6-8-15)12(17)18/h10,14H,4-9H2,1-3H3,(H,17,18). The molecule has 0 aromatic rings. The van der Waals surface area contributed by atoms with Gasteiger partial charge >= 0.3 is 5.97 Å². The SMILES string of the molecule is CCNC(C)CC(=O)N1CCC(C)(C(=O)O)CC1. The van der Waals surface area contributed by atoms with E-state index in [-0.39, 0.29) is 11.9 Å². The molecule has 0 bridgehead atoms. The molecule has 1 atom stereocenters. The smallest absolute Gasteiger partial charge is 0.309 e. The first-order valence-corrected chi connectivity index (χ1v) is 6.63. The summed E-state index contributed by atoms with van der Waals surface area (Å²) in [4.78, 5) is 24.9. The van der Waals surface area contributed by atoms with E-state index in [0.717, 1.165) is 6.54 Å². The second-order valence-corrected chi connectivity index (χ2v) is 5.41. The van der Waals surface area contributed by atoms with Crippen LogP contribution in [-0.4, -0.2) is 47.6 Å². The van der Waals surface area contributed by atoms with Crippen LogP contribution in [-0.2, 0) is 9.59 Å². The summed E-state index contributed by atoms with van der Waals surface area (Å²) in [6.07, 6.45) is 1.57. The minimum absolute atomic E-state index is 0.121. The summed E-state index contributed by atoms with van der Waals surface area (Å²) in [7, 11) is 0. The number of carbonyl (C=O) groups is 2. The van der Waals surface area contributed by atoms with Crippen molar-refractivity contribution in [3.05, 3.63) is 0 Å². The molecule has 1 aliphatic rings. The number of rotatable bonds is 5. The number of carboxylic acids is 1. The van der Waals surface area contributed by atoms with E-state index >= 15 is 0 Å². The lowest BCUT2D eigenvalue weighted by Crippen LogP contribution is -2.46. The highest BCUT2D eigenvalue weighted by molar-refractivity contribution is 5.78. The molecule has 1 heterocycles. The van der Waals surface area contributed by atoms with Crippen molar-refractivity contribution >= 4 is 11.9 Å². The number of piperidine rings is 1. The Morgan fingerprint density at radius 1 is 1.39 bits per heavy atom. The molecule has 1 amide bonds. The molecule has 1 unspecified atom stereocenters. The van der Waals surface area contributed by atoms with Crippen LogP contribution in [0.4, 0.5) is 0 Å². The summed E-state index contributed by atoms with van der Waals surface area (Å²) < 4.78 is 0. The molecule has 0 aliphatic carbocycles. The number of likely N-dealkylation sites (tertiary alicyclic amines) is 1. The molecule has 0 saturated carbocycles. The van der Waals surface area contributed by atoms with Crippen LogP contribution in [0, 0.1) is 5.41 Å². The van der Waals surface area contributed by atoms with Crippen LogP contribution in [0.5, 0.6) is 0 Å². The van der Waals surface area contributed by atoms with Gasteiger partial charge in [-0.1, -0.05) is 6.92 Å². The van der Waals surface area contributed by atoms with Crippen LogP contribution in [0.15, 0.2) is 0 Å². The topological polar surface area (TPSA) is 69.6 Å². The molecule has 5 nitrogen and oxygen atoms in total. The fraction of sp³-hybridized carbons (Fsp3) is 0.846. The largest absolute Gasteiger partial charge is 0.481 e. The van der Waals surface area contributed by atoms with Gasteiger partial charge in [0.05, 0.1) is 5.41 Å². The zero-order valence-electron chi connectivity index (χ0n) is 11.5. The first-order chi connectivity index (χ1) is 8.39. The second kappa shape index (κ2) is 6.18. The number of aliphatic carboxylic acids is 1. The van der Waals surface area contributed by atoms with Gasteiger partial charge in [-0.15, -0.1) is 0 Å². The summed E-state index contributed by atoms with van der Waals surface area (Å²) >= 11 is 0. The lowest BCUT2D eigenvalue weighted by Gasteiger charge is -2.36. The number of carbonyl (C=O) groups excluding carboxylic acids is 1. The number of nitrogens with one attached hydrogen (secondary N) is 1. The lowest BCUT2D eigenvalue weighted by atomic mass is 9.80. The van der Waals surface area contributed by atoms with E-state index in [4.69, 9.17) is 5.11 Å². The van der Waals surface area contributed by atoms with E-state index in [2.05, 4.69) is 5.32 Å². The Morgan fingerprint density at radius 2 is 1.94 bits per heavy atom. The van der Waals surface area contributed by atoms with Crippen molar-refractivity contribution in [2.75, 3.05) is 19.6 Å². The molecule has 0 spiro atoms. The predicted octanol–water partition coefficient (Wildman–Crippen LogP) is 1.09. The molecule has 2 N–H and O–H groups in total. The Bertz CT molecular complexity index is 309. The number of hydrogen-bond acceptors (Lipinski definition) is 3. The summed E-state index contributed by atoms with van der Waals surface area (Å²) in [6, 6.07) is 0.176. The lowest BCUT2D eigenvalue weighted by molar-refractivity contribution is -0.153. The Hall–Kier alpha value is -1.10. The minimum atomic E-state index is -0.754. The molecule has 1 rings (SSSR count). The van der Waals surface area contributed by atoms with Crippen LogP contribution in [0.3, 0.4) is 0 Å². The second-order valence-electron chi connectivity index (χ2n) is 5.41. The van der Waals surface area contributed by atoms with Gasteiger partial charge in [0.15, 0.2) is 0 Å². The highest BCUT2D eigenvalue weighted by atomic mass is 16.4. The van der Waals surface area contributed by atoms with Crippen LogP contribution >= 0.6 is 0 Å². The van der Waals surface area contributed by atoms with Crippen molar-refractivity contribution in [1.82, 2.24) is 10.2 Å². The van der Waals surface area contributed by atoms with Gasteiger partial charge < -0.3 is 15.3 Å². The third kappa shape index (κ3) is 3.70.